The van der Waals surface area contributed by atoms with Crippen molar-refractivity contribution in [3.63, 3.8) is 0 Å². The summed E-state index contributed by atoms with van der Waals surface area (Å²) >= 11 is 0. The van der Waals surface area contributed by atoms with Gasteiger partial charge < -0.3 is 10.2 Å². The van der Waals surface area contributed by atoms with Crippen molar-refractivity contribution < 1.29 is 10.2 Å². The van der Waals surface area contributed by atoms with Gasteiger partial charge in [0.15, 0.2) is 0 Å². The number of nitrogens with zero attached hydrogens (tertiary/aromatic N) is 3. The van der Waals surface area contributed by atoms with Gasteiger partial charge in [0.1, 0.15) is 6.04 Å². The van der Waals surface area contributed by atoms with E-state index in [0.717, 1.165) is 31.4 Å². The second-order valence-corrected chi connectivity index (χ2v) is 5.81. The first kappa shape index (κ1) is 18.8. The van der Waals surface area contributed by atoms with Crippen LogP contribution in [0.25, 0.3) is 0 Å². The molecule has 2 N–H and O–H groups in total. The van der Waals surface area contributed by atoms with Crippen molar-refractivity contribution in [3.8, 4) is 0 Å². The average molecular weight is 309 g/mol. The fraction of sp³-hybridized carbons (Fsp3) is 0.765. The van der Waals surface area contributed by atoms with Gasteiger partial charge in [-0.3, -0.25) is 0 Å². The highest BCUT2D eigenvalue weighted by Gasteiger charge is 2.19. The smallest absolute Gasteiger partial charge is 0.106 e. The molecule has 0 spiro atoms. The molecule has 0 aromatic carbocycles. The molecule has 1 aromatic heterocycles. The molecule has 0 saturated carbocycles. The lowest BCUT2D eigenvalue weighted by Crippen LogP contribution is -2.26. The van der Waals surface area contributed by atoms with Crippen LogP contribution in [0.1, 0.15) is 70.5 Å². The highest BCUT2D eigenvalue weighted by Crippen LogP contribution is 2.14. The number of aromatic nitrogens is 3. The molecule has 2 atom stereocenters. The summed E-state index contributed by atoms with van der Waals surface area (Å²) in [7, 11) is 0. The van der Waals surface area contributed by atoms with Crippen LogP contribution in [0.2, 0.25) is 0 Å². The summed E-state index contributed by atoms with van der Waals surface area (Å²) in [6.07, 6.45) is 13.8. The third-order valence-corrected chi connectivity index (χ3v) is 3.80. The lowest BCUT2D eigenvalue weighted by atomic mass is 10.1. The van der Waals surface area contributed by atoms with E-state index in [9.17, 15) is 10.2 Å². The van der Waals surface area contributed by atoms with Crippen LogP contribution in [0.4, 0.5) is 0 Å². The Bertz CT molecular complexity index is 418. The summed E-state index contributed by atoms with van der Waals surface area (Å²) < 4.78 is 1.59. The Labute approximate surface area is 134 Å². The second kappa shape index (κ2) is 11.4. The molecule has 126 valence electrons. The molecule has 0 aliphatic carbocycles. The van der Waals surface area contributed by atoms with E-state index in [0.29, 0.717) is 0 Å². The van der Waals surface area contributed by atoms with Gasteiger partial charge in [-0.2, -0.15) is 0 Å². The van der Waals surface area contributed by atoms with Gasteiger partial charge in [0.05, 0.1) is 18.4 Å². The predicted octanol–water partition coefficient (Wildman–Crippen LogP) is 3.04. The molecule has 0 fully saturated rings. The zero-order chi connectivity index (χ0) is 16.2. The minimum absolute atomic E-state index is 0.156. The number of aliphatic hydroxyl groups excluding tert-OH is 2. The maximum atomic E-state index is 10.1. The first-order valence-corrected chi connectivity index (χ1v) is 8.59. The van der Waals surface area contributed by atoms with E-state index in [-0.39, 0.29) is 6.61 Å². The van der Waals surface area contributed by atoms with Crippen molar-refractivity contribution in [2.75, 3.05) is 6.61 Å². The molecule has 0 amide bonds. The molecule has 5 nitrogen and oxygen atoms in total. The van der Waals surface area contributed by atoms with Crippen molar-refractivity contribution >= 4 is 0 Å². The number of hydrogen-bond acceptors (Lipinski definition) is 4. The summed E-state index contributed by atoms with van der Waals surface area (Å²) in [5.41, 5.74) is 0.930. The molecule has 0 unspecified atom stereocenters. The Balaban J connectivity index is 2.48. The van der Waals surface area contributed by atoms with Crippen molar-refractivity contribution in [2.24, 2.45) is 0 Å². The molecule has 0 bridgehead atoms. The topological polar surface area (TPSA) is 71.2 Å². The Morgan fingerprint density at radius 1 is 1.18 bits per heavy atom. The highest BCUT2D eigenvalue weighted by molar-refractivity contribution is 4.98. The molecular weight excluding hydrogens is 278 g/mol. The quantitative estimate of drug-likeness (QED) is 0.460. The normalized spacial score (nSPS) is 14.5. The van der Waals surface area contributed by atoms with Gasteiger partial charge in [-0.05, 0) is 19.3 Å². The van der Waals surface area contributed by atoms with Gasteiger partial charge in [-0.15, -0.1) is 5.10 Å². The summed E-state index contributed by atoms with van der Waals surface area (Å²) in [5.74, 6) is 0. The molecule has 22 heavy (non-hydrogen) atoms. The van der Waals surface area contributed by atoms with Gasteiger partial charge >= 0.3 is 0 Å². The number of allylic oxidation sites excluding steroid dienone is 1. The first-order valence-electron chi connectivity index (χ1n) is 8.59. The summed E-state index contributed by atoms with van der Waals surface area (Å²) in [5, 5.41) is 27.9. The molecule has 5 heteroatoms. The third kappa shape index (κ3) is 6.71. The van der Waals surface area contributed by atoms with Gasteiger partial charge in [0.25, 0.3) is 0 Å². The zero-order valence-electron chi connectivity index (χ0n) is 14.0. The fourth-order valence-electron chi connectivity index (χ4n) is 2.38. The Hall–Kier alpha value is -1.20. The van der Waals surface area contributed by atoms with Gasteiger partial charge in [-0.25, -0.2) is 4.68 Å². The van der Waals surface area contributed by atoms with Crippen LogP contribution in [-0.4, -0.2) is 37.9 Å². The maximum absolute atomic E-state index is 10.1. The summed E-state index contributed by atoms with van der Waals surface area (Å²) in [6.45, 7) is 4.14. The second-order valence-electron chi connectivity index (χ2n) is 5.81. The lowest BCUT2D eigenvalue weighted by Gasteiger charge is -2.17. The van der Waals surface area contributed by atoms with E-state index in [4.69, 9.17) is 0 Å². The van der Waals surface area contributed by atoms with Crippen LogP contribution < -0.4 is 0 Å². The fourth-order valence-corrected chi connectivity index (χ4v) is 2.38. The molecule has 0 aliphatic rings. The van der Waals surface area contributed by atoms with Gasteiger partial charge in [0, 0.05) is 6.20 Å². The Kier molecular flexibility index (Phi) is 9.75. The number of unbranched alkanes of at least 4 members (excludes halogenated alkanes) is 5. The molecule has 1 rings (SSSR count). The van der Waals surface area contributed by atoms with Crippen molar-refractivity contribution in [1.29, 1.82) is 0 Å². The molecule has 0 aliphatic heterocycles. The van der Waals surface area contributed by atoms with Gasteiger partial charge in [0.2, 0.25) is 0 Å². The van der Waals surface area contributed by atoms with Gasteiger partial charge in [-0.1, -0.05) is 63.3 Å². The van der Waals surface area contributed by atoms with E-state index >= 15 is 0 Å². The Morgan fingerprint density at radius 2 is 1.95 bits per heavy atom. The van der Waals surface area contributed by atoms with Crippen molar-refractivity contribution in [3.05, 3.63) is 24.0 Å². The summed E-state index contributed by atoms with van der Waals surface area (Å²) in [4.78, 5) is 0. The summed E-state index contributed by atoms with van der Waals surface area (Å²) in [6, 6.07) is -0.463. The van der Waals surface area contributed by atoms with E-state index in [1.54, 1.807) is 10.8 Å². The largest absolute Gasteiger partial charge is 0.394 e. The monoisotopic (exact) mass is 309 g/mol. The standard InChI is InChI=1S/C17H31N3O2/c1-3-5-7-8-10-11-15-13-20(19-18-15)16(14-21)17(22)12-9-6-4-2/h9,12-13,16-17,21-22H,3-8,10-11,14H2,1-2H3/b12-9+/t16-,17+/m0/s1. The predicted molar refractivity (Wildman–Crippen MR) is 88.7 cm³/mol. The maximum Gasteiger partial charge on any atom is 0.106 e. The third-order valence-electron chi connectivity index (χ3n) is 3.80. The van der Waals surface area contributed by atoms with E-state index < -0.39 is 12.1 Å². The van der Waals surface area contributed by atoms with Crippen LogP contribution in [0.15, 0.2) is 18.3 Å². The van der Waals surface area contributed by atoms with Crippen LogP contribution in [-0.2, 0) is 6.42 Å². The number of aliphatic hydroxyl groups is 2. The van der Waals surface area contributed by atoms with Crippen molar-refractivity contribution in [2.45, 2.75) is 77.4 Å². The minimum atomic E-state index is -0.740. The highest BCUT2D eigenvalue weighted by atomic mass is 16.3. The molecule has 0 radical (unpaired) electrons. The lowest BCUT2D eigenvalue weighted by molar-refractivity contribution is 0.0974. The van der Waals surface area contributed by atoms with Crippen molar-refractivity contribution in [1.82, 2.24) is 15.0 Å². The zero-order valence-corrected chi connectivity index (χ0v) is 14.0. The first-order chi connectivity index (χ1) is 10.7. The molecular formula is C17H31N3O2. The SMILES string of the molecule is CCC/C=C/[C@@H](O)[C@H](CO)n1cc(CCCCCCC)nn1. The molecule has 1 heterocycles. The van der Waals surface area contributed by atoms with Crippen LogP contribution in [0, 0.1) is 0 Å². The van der Waals surface area contributed by atoms with E-state index in [1.807, 2.05) is 12.3 Å². The number of rotatable bonds is 12. The van der Waals surface area contributed by atoms with E-state index in [2.05, 4.69) is 24.2 Å². The molecule has 1 aromatic rings. The molecule has 0 saturated heterocycles. The van der Waals surface area contributed by atoms with Crippen LogP contribution >= 0.6 is 0 Å². The van der Waals surface area contributed by atoms with E-state index in [1.165, 1.54) is 25.7 Å². The van der Waals surface area contributed by atoms with Crippen LogP contribution in [0.3, 0.4) is 0 Å². The number of hydrogen-bond donors (Lipinski definition) is 2. The minimum Gasteiger partial charge on any atom is -0.394 e. The average Bonchev–Trinajstić information content (AvgIpc) is 2.97. The van der Waals surface area contributed by atoms with Crippen LogP contribution in [0.5, 0.6) is 0 Å². The Morgan fingerprint density at radius 3 is 2.64 bits per heavy atom. The number of aryl methyl sites for hydroxylation is 1.